The predicted molar refractivity (Wildman–Crippen MR) is 158 cm³/mol. The zero-order valence-electron chi connectivity index (χ0n) is 22.5. The highest BCUT2D eigenvalue weighted by Crippen LogP contribution is 2.38. The van der Waals surface area contributed by atoms with Crippen LogP contribution in [0.25, 0.3) is 16.8 Å². The number of hydrogen-bond acceptors (Lipinski definition) is 6. The van der Waals surface area contributed by atoms with Crippen LogP contribution in [-0.4, -0.2) is 31.6 Å². The maximum absolute atomic E-state index is 13.3. The summed E-state index contributed by atoms with van der Waals surface area (Å²) in [5.74, 6) is -0.329. The zero-order chi connectivity index (χ0) is 28.9. The summed E-state index contributed by atoms with van der Waals surface area (Å²) in [6.07, 6.45) is 2.20. The van der Waals surface area contributed by atoms with Gasteiger partial charge in [-0.3, -0.25) is 14.9 Å². The van der Waals surface area contributed by atoms with Crippen LogP contribution >= 0.6 is 11.6 Å². The van der Waals surface area contributed by atoms with E-state index in [2.05, 4.69) is 5.32 Å². The van der Waals surface area contributed by atoms with Crippen LogP contribution in [-0.2, 0) is 16.2 Å². The number of carbonyl (C=O) groups is 3. The average molecular weight is 571 g/mol. The highest BCUT2D eigenvalue weighted by molar-refractivity contribution is 6.39. The molecule has 4 aromatic carbocycles. The van der Waals surface area contributed by atoms with Crippen molar-refractivity contribution in [3.05, 3.63) is 101 Å². The minimum absolute atomic E-state index is 0.232. The van der Waals surface area contributed by atoms with Gasteiger partial charge in [0, 0.05) is 0 Å². The van der Waals surface area contributed by atoms with Gasteiger partial charge in [-0.2, -0.15) is 0 Å². The molecule has 0 unspecified atom stereocenters. The number of amides is 4. The number of halogens is 1. The lowest BCUT2D eigenvalue weighted by Crippen LogP contribution is -2.54. The van der Waals surface area contributed by atoms with Gasteiger partial charge in [0.25, 0.3) is 11.8 Å². The summed E-state index contributed by atoms with van der Waals surface area (Å²) < 4.78 is 17.2. The molecule has 1 saturated heterocycles. The van der Waals surface area contributed by atoms with Gasteiger partial charge in [0.15, 0.2) is 11.5 Å². The molecule has 41 heavy (non-hydrogen) atoms. The lowest BCUT2D eigenvalue weighted by molar-refractivity contribution is -0.122. The number of barbiturate groups is 1. The van der Waals surface area contributed by atoms with Crippen molar-refractivity contribution in [1.29, 1.82) is 0 Å². The molecule has 4 aromatic rings. The highest BCUT2D eigenvalue weighted by Gasteiger charge is 2.37. The van der Waals surface area contributed by atoms with Gasteiger partial charge >= 0.3 is 6.03 Å². The van der Waals surface area contributed by atoms with Crippen molar-refractivity contribution in [2.75, 3.05) is 18.6 Å². The molecule has 0 radical (unpaired) electrons. The van der Waals surface area contributed by atoms with E-state index in [0.717, 1.165) is 27.7 Å². The number of fused-ring (bicyclic) bond motifs is 1. The van der Waals surface area contributed by atoms with Crippen molar-refractivity contribution in [1.82, 2.24) is 5.32 Å². The topological polar surface area (TPSA) is 94.2 Å². The van der Waals surface area contributed by atoms with Crippen LogP contribution in [0.4, 0.5) is 10.5 Å². The number of benzene rings is 4. The Morgan fingerprint density at radius 3 is 2.44 bits per heavy atom. The number of imide groups is 2. The van der Waals surface area contributed by atoms with Crippen molar-refractivity contribution >= 4 is 52.0 Å². The molecule has 0 saturated carbocycles. The number of anilines is 1. The quantitative estimate of drug-likeness (QED) is 0.181. The summed E-state index contributed by atoms with van der Waals surface area (Å²) in [6.45, 7) is 2.78. The molecule has 1 aliphatic rings. The molecule has 0 aromatic heterocycles. The van der Waals surface area contributed by atoms with Gasteiger partial charge in [0.05, 0.1) is 24.4 Å². The Morgan fingerprint density at radius 1 is 0.927 bits per heavy atom. The second-order valence-corrected chi connectivity index (χ2v) is 9.67. The monoisotopic (exact) mass is 570 g/mol. The Balaban J connectivity index is 1.40. The van der Waals surface area contributed by atoms with Gasteiger partial charge in [-0.05, 0) is 70.8 Å². The summed E-state index contributed by atoms with van der Waals surface area (Å²) in [4.78, 5) is 39.5. The molecule has 5 rings (SSSR count). The SMILES string of the molecule is CCCOc1ccc(N2C(=O)NC(=O)/C(=C/c3cc(Cl)c(OCc4cccc5ccccc45)c(OC)c3)C2=O)cc1. The van der Waals surface area contributed by atoms with Gasteiger partial charge < -0.3 is 14.2 Å². The molecule has 1 N–H and O–H groups in total. The third-order valence-electron chi connectivity index (χ3n) is 6.48. The van der Waals surface area contributed by atoms with Gasteiger partial charge in [-0.15, -0.1) is 0 Å². The number of methoxy groups -OCH3 is 1. The van der Waals surface area contributed by atoms with Crippen molar-refractivity contribution < 1.29 is 28.6 Å². The minimum Gasteiger partial charge on any atom is -0.494 e. The van der Waals surface area contributed by atoms with Crippen molar-refractivity contribution in [3.63, 3.8) is 0 Å². The van der Waals surface area contributed by atoms with E-state index in [9.17, 15) is 14.4 Å². The van der Waals surface area contributed by atoms with Crippen LogP contribution in [0.3, 0.4) is 0 Å². The molecular formula is C32H27ClN2O6. The second kappa shape index (κ2) is 12.1. The largest absolute Gasteiger partial charge is 0.494 e. The normalized spacial score (nSPS) is 14.4. The molecule has 1 aliphatic heterocycles. The Labute approximate surface area is 242 Å². The third kappa shape index (κ3) is 5.88. The van der Waals surface area contributed by atoms with Crippen LogP contribution < -0.4 is 24.4 Å². The summed E-state index contributed by atoms with van der Waals surface area (Å²) in [5, 5.41) is 4.62. The summed E-state index contributed by atoms with van der Waals surface area (Å²) >= 11 is 6.59. The first-order valence-corrected chi connectivity index (χ1v) is 13.4. The molecule has 0 aliphatic carbocycles. The van der Waals surface area contributed by atoms with Crippen molar-refractivity contribution in [2.24, 2.45) is 0 Å². The maximum atomic E-state index is 13.3. The van der Waals surface area contributed by atoms with Crippen LogP contribution in [0.1, 0.15) is 24.5 Å². The molecule has 8 nitrogen and oxygen atoms in total. The molecular weight excluding hydrogens is 544 g/mol. The fraction of sp³-hybridized carbons (Fsp3) is 0.156. The molecule has 4 amide bonds. The maximum Gasteiger partial charge on any atom is 0.335 e. The first kappa shape index (κ1) is 27.7. The third-order valence-corrected chi connectivity index (χ3v) is 6.76. The van der Waals surface area contributed by atoms with E-state index in [0.29, 0.717) is 35.1 Å². The number of nitrogens with one attached hydrogen (secondary N) is 1. The molecule has 0 atom stereocenters. The number of rotatable bonds is 9. The van der Waals surface area contributed by atoms with E-state index >= 15 is 0 Å². The van der Waals surface area contributed by atoms with E-state index in [1.54, 1.807) is 36.4 Å². The highest BCUT2D eigenvalue weighted by atomic mass is 35.5. The van der Waals surface area contributed by atoms with Gasteiger partial charge in [-0.25, -0.2) is 9.69 Å². The van der Waals surface area contributed by atoms with Crippen LogP contribution in [0.5, 0.6) is 17.2 Å². The smallest absolute Gasteiger partial charge is 0.335 e. The fourth-order valence-electron chi connectivity index (χ4n) is 4.50. The Kier molecular flexibility index (Phi) is 8.21. The fourth-order valence-corrected chi connectivity index (χ4v) is 4.78. The number of nitrogens with zero attached hydrogens (tertiary/aromatic N) is 1. The molecule has 9 heteroatoms. The molecule has 208 valence electrons. The number of ether oxygens (including phenoxy) is 3. The lowest BCUT2D eigenvalue weighted by Gasteiger charge is -2.26. The first-order chi connectivity index (χ1) is 19.9. The molecule has 0 spiro atoms. The average Bonchev–Trinajstić information content (AvgIpc) is 2.98. The van der Waals surface area contributed by atoms with Crippen molar-refractivity contribution in [3.8, 4) is 17.2 Å². The first-order valence-electron chi connectivity index (χ1n) is 13.0. The summed E-state index contributed by atoms with van der Waals surface area (Å²) in [6, 6.07) is 22.8. The van der Waals surface area contributed by atoms with E-state index in [-0.39, 0.29) is 17.2 Å². The Bertz CT molecular complexity index is 1660. The number of urea groups is 1. The van der Waals surface area contributed by atoms with Crippen molar-refractivity contribution in [2.45, 2.75) is 20.0 Å². The van der Waals surface area contributed by atoms with Gasteiger partial charge in [0.1, 0.15) is 17.9 Å². The number of hydrogen-bond donors (Lipinski definition) is 1. The number of carbonyl (C=O) groups excluding carboxylic acids is 3. The van der Waals surface area contributed by atoms with E-state index in [1.165, 1.54) is 13.2 Å². The van der Waals surface area contributed by atoms with E-state index < -0.39 is 17.8 Å². The molecule has 1 heterocycles. The molecule has 0 bridgehead atoms. The minimum atomic E-state index is -0.841. The summed E-state index contributed by atoms with van der Waals surface area (Å²) in [7, 11) is 1.47. The van der Waals surface area contributed by atoms with Gasteiger partial charge in [0.2, 0.25) is 0 Å². The predicted octanol–water partition coefficient (Wildman–Crippen LogP) is 6.54. The standard InChI is InChI=1S/C32H27ClN2O6/c1-3-15-40-24-13-11-23(12-14-24)35-31(37)26(30(36)34-32(35)38)16-20-17-27(33)29(28(18-20)39-2)41-19-22-9-6-8-21-7-4-5-10-25(21)22/h4-14,16-18H,3,15,19H2,1-2H3,(H,34,36,38)/b26-16-. The zero-order valence-corrected chi connectivity index (χ0v) is 23.2. The van der Waals surface area contributed by atoms with E-state index in [1.807, 2.05) is 49.4 Å². The summed E-state index contributed by atoms with van der Waals surface area (Å²) in [5.41, 5.74) is 1.45. The Hall–Kier alpha value is -4.82. The second-order valence-electron chi connectivity index (χ2n) is 9.26. The van der Waals surface area contributed by atoms with Crippen LogP contribution in [0.15, 0.2) is 84.4 Å². The van der Waals surface area contributed by atoms with Gasteiger partial charge in [-0.1, -0.05) is 61.0 Å². The van der Waals surface area contributed by atoms with Crippen LogP contribution in [0.2, 0.25) is 5.02 Å². The van der Waals surface area contributed by atoms with Crippen LogP contribution in [0, 0.1) is 0 Å². The molecule has 1 fully saturated rings. The lowest BCUT2D eigenvalue weighted by atomic mass is 10.1. The van der Waals surface area contributed by atoms with E-state index in [4.69, 9.17) is 25.8 Å². The Morgan fingerprint density at radius 2 is 1.68 bits per heavy atom.